The van der Waals surface area contributed by atoms with E-state index >= 15 is 0 Å². The van der Waals surface area contributed by atoms with Gasteiger partial charge in [-0.05, 0) is 88.8 Å². The van der Waals surface area contributed by atoms with Crippen molar-refractivity contribution < 1.29 is 0 Å². The summed E-state index contributed by atoms with van der Waals surface area (Å²) in [5.74, 6) is 0. The third-order valence-corrected chi connectivity index (χ3v) is 13.5. The van der Waals surface area contributed by atoms with Gasteiger partial charge in [-0.15, -0.1) is 22.7 Å². The molecule has 2 aliphatic rings. The topological polar surface area (TPSA) is 4.93 Å². The highest BCUT2D eigenvalue weighted by Crippen LogP contribution is 2.58. The van der Waals surface area contributed by atoms with Crippen molar-refractivity contribution in [2.75, 3.05) is 0 Å². The van der Waals surface area contributed by atoms with Gasteiger partial charge in [-0.1, -0.05) is 84.9 Å². The molecule has 0 spiro atoms. The van der Waals surface area contributed by atoms with E-state index in [0.717, 1.165) is 0 Å². The minimum atomic E-state index is -0.338. The fraction of sp³-hybridized carbons (Fsp3) is 0.0455. The van der Waals surface area contributed by atoms with Crippen molar-refractivity contribution in [2.45, 2.75) is 12.3 Å². The van der Waals surface area contributed by atoms with E-state index in [1.165, 1.54) is 107 Å². The molecule has 1 aliphatic carbocycles. The van der Waals surface area contributed by atoms with E-state index in [2.05, 4.69) is 145 Å². The molecule has 3 aromatic heterocycles. The Morgan fingerprint density at radius 2 is 1.23 bits per heavy atom. The minimum Gasteiger partial charge on any atom is -0.309 e. The summed E-state index contributed by atoms with van der Waals surface area (Å²) in [7, 11) is 0. The molecule has 7 aromatic carbocycles. The number of nitrogens with zero attached hydrogens (tertiary/aromatic N) is 1. The monoisotopic (exact) mass is 631 g/mol. The number of hydrogen-bond donors (Lipinski definition) is 0. The van der Waals surface area contributed by atoms with Crippen molar-refractivity contribution in [2.24, 2.45) is 0 Å². The molecule has 1 atom stereocenters. The Hall–Kier alpha value is -5.22. The maximum Gasteiger partial charge on any atom is 0.0544 e. The zero-order valence-corrected chi connectivity index (χ0v) is 27.1. The molecule has 218 valence electrons. The molecule has 0 radical (unpaired) electrons. The molecule has 0 saturated heterocycles. The smallest absolute Gasteiger partial charge is 0.0544 e. The first-order chi connectivity index (χ1) is 23.2. The molecule has 4 heterocycles. The van der Waals surface area contributed by atoms with Crippen LogP contribution in [0.3, 0.4) is 0 Å². The van der Waals surface area contributed by atoms with E-state index < -0.39 is 0 Å². The van der Waals surface area contributed by atoms with Gasteiger partial charge in [0.2, 0.25) is 0 Å². The Balaban J connectivity index is 1.39. The predicted octanol–water partition coefficient (Wildman–Crippen LogP) is 12.8. The van der Waals surface area contributed by atoms with Crippen LogP contribution >= 0.6 is 22.7 Å². The number of fused-ring (bicyclic) bond motifs is 18. The van der Waals surface area contributed by atoms with Gasteiger partial charge in [0, 0.05) is 67.8 Å². The van der Waals surface area contributed by atoms with Gasteiger partial charge in [0.1, 0.15) is 0 Å². The van der Waals surface area contributed by atoms with Crippen molar-refractivity contribution in [1.29, 1.82) is 0 Å². The number of benzene rings is 7. The summed E-state index contributed by atoms with van der Waals surface area (Å²) < 4.78 is 7.91. The summed E-state index contributed by atoms with van der Waals surface area (Å²) >= 11 is 3.85. The molecule has 10 aromatic rings. The van der Waals surface area contributed by atoms with Gasteiger partial charge in [0.25, 0.3) is 0 Å². The molecule has 3 heteroatoms. The highest BCUT2D eigenvalue weighted by molar-refractivity contribution is 7.27. The van der Waals surface area contributed by atoms with Gasteiger partial charge in [-0.2, -0.15) is 0 Å². The van der Waals surface area contributed by atoms with Crippen LogP contribution in [0.4, 0.5) is 0 Å². The van der Waals surface area contributed by atoms with Crippen molar-refractivity contribution in [3.05, 3.63) is 150 Å². The predicted molar refractivity (Wildman–Crippen MR) is 203 cm³/mol. The molecule has 1 aliphatic heterocycles. The van der Waals surface area contributed by atoms with Crippen LogP contribution in [0.5, 0.6) is 0 Å². The largest absolute Gasteiger partial charge is 0.309 e. The molecule has 1 unspecified atom stereocenters. The molecule has 0 N–H and O–H groups in total. The van der Waals surface area contributed by atoms with Crippen LogP contribution in [0.25, 0.3) is 90.1 Å². The molecule has 1 nitrogen and oxygen atoms in total. The van der Waals surface area contributed by atoms with E-state index in [9.17, 15) is 0 Å². The van der Waals surface area contributed by atoms with Crippen LogP contribution in [0.1, 0.15) is 23.6 Å². The SMILES string of the molecule is CC12c3ccccc3-c3cc4c5ccccc5n(c4cc31)-c1ccc3sc4cccc(c4c3c1)-c1ccc2c2c1sc1ccccc12. The van der Waals surface area contributed by atoms with E-state index in [1.54, 1.807) is 0 Å². The van der Waals surface area contributed by atoms with Crippen LogP contribution in [0.2, 0.25) is 0 Å². The molecule has 12 rings (SSSR count). The van der Waals surface area contributed by atoms with Crippen LogP contribution in [-0.4, -0.2) is 4.57 Å². The minimum absolute atomic E-state index is 0.338. The van der Waals surface area contributed by atoms with Crippen LogP contribution in [0, 0.1) is 0 Å². The maximum absolute atomic E-state index is 2.53. The van der Waals surface area contributed by atoms with E-state index in [-0.39, 0.29) is 5.41 Å². The van der Waals surface area contributed by atoms with Gasteiger partial charge in [-0.25, -0.2) is 0 Å². The normalized spacial score (nSPS) is 16.3. The Morgan fingerprint density at radius 1 is 0.447 bits per heavy atom. The number of rotatable bonds is 0. The lowest BCUT2D eigenvalue weighted by Gasteiger charge is -2.30. The van der Waals surface area contributed by atoms with Gasteiger partial charge < -0.3 is 4.57 Å². The quantitative estimate of drug-likeness (QED) is 0.157. The van der Waals surface area contributed by atoms with Crippen molar-refractivity contribution in [1.82, 2.24) is 4.57 Å². The van der Waals surface area contributed by atoms with Gasteiger partial charge in [0.05, 0.1) is 11.0 Å². The first-order valence-corrected chi connectivity index (χ1v) is 17.9. The lowest BCUT2D eigenvalue weighted by molar-refractivity contribution is 0.722. The first kappa shape index (κ1) is 24.9. The zero-order chi connectivity index (χ0) is 30.6. The molecule has 6 bridgehead atoms. The average Bonchev–Trinajstić information content (AvgIpc) is 3.84. The van der Waals surface area contributed by atoms with E-state index in [1.807, 2.05) is 22.7 Å². The van der Waals surface area contributed by atoms with E-state index in [0.29, 0.717) is 0 Å². The van der Waals surface area contributed by atoms with Crippen molar-refractivity contribution in [3.63, 3.8) is 0 Å². The number of thiophene rings is 2. The van der Waals surface area contributed by atoms with E-state index in [4.69, 9.17) is 0 Å². The molecule has 0 fully saturated rings. The lowest BCUT2D eigenvalue weighted by atomic mass is 9.72. The Labute approximate surface area is 278 Å². The fourth-order valence-corrected chi connectivity index (χ4v) is 11.5. The highest BCUT2D eigenvalue weighted by Gasteiger charge is 2.43. The number of para-hydroxylation sites is 1. The summed E-state index contributed by atoms with van der Waals surface area (Å²) in [6, 6.07) is 51.1. The molecule has 0 saturated carbocycles. The van der Waals surface area contributed by atoms with Crippen LogP contribution < -0.4 is 0 Å². The second kappa shape index (κ2) is 8.38. The van der Waals surface area contributed by atoms with Crippen molar-refractivity contribution in [3.8, 4) is 27.9 Å². The number of hydrogen-bond acceptors (Lipinski definition) is 2. The van der Waals surface area contributed by atoms with Crippen molar-refractivity contribution >= 4 is 84.8 Å². The first-order valence-electron chi connectivity index (χ1n) is 16.3. The van der Waals surface area contributed by atoms with Gasteiger partial charge in [-0.3, -0.25) is 0 Å². The molecular weight excluding hydrogens is 607 g/mol. The summed E-state index contributed by atoms with van der Waals surface area (Å²) in [5.41, 5.74) is 12.9. The summed E-state index contributed by atoms with van der Waals surface area (Å²) in [5, 5.41) is 8.04. The van der Waals surface area contributed by atoms with Gasteiger partial charge >= 0.3 is 0 Å². The van der Waals surface area contributed by atoms with Crippen LogP contribution in [0.15, 0.2) is 133 Å². The molecule has 0 amide bonds. The Morgan fingerprint density at radius 3 is 2.19 bits per heavy atom. The third-order valence-electron chi connectivity index (χ3n) is 11.2. The van der Waals surface area contributed by atoms with Crippen LogP contribution in [-0.2, 0) is 5.41 Å². The third kappa shape index (κ3) is 2.89. The molecule has 47 heavy (non-hydrogen) atoms. The maximum atomic E-state index is 2.53. The number of aromatic nitrogens is 1. The summed E-state index contributed by atoms with van der Waals surface area (Å²) in [6.45, 7) is 2.48. The lowest BCUT2D eigenvalue weighted by Crippen LogP contribution is -2.23. The molecular formula is C44H25NS2. The Kier molecular flexibility index (Phi) is 4.44. The second-order valence-electron chi connectivity index (χ2n) is 13.4. The second-order valence-corrected chi connectivity index (χ2v) is 15.5. The zero-order valence-electron chi connectivity index (χ0n) is 25.5. The Bertz CT molecular complexity index is 3040. The standard InChI is InChI=1S/C44H25NS2/c1-44-33-13-5-2-9-25(33)30-22-31-26-10-3-6-14-36(26)45(37(31)23-35(30)44)24-17-20-39-32(21-24)41-27(12-8-16-40(41)46-39)28-18-19-34(44)42-29-11-4-7-15-38(29)47-43(28)42/h2-23H,1H3. The van der Waals surface area contributed by atoms with Gasteiger partial charge in [0.15, 0.2) is 0 Å². The fourth-order valence-electron chi connectivity index (χ4n) is 9.15. The summed E-state index contributed by atoms with van der Waals surface area (Å²) in [6.07, 6.45) is 0. The average molecular weight is 632 g/mol. The summed E-state index contributed by atoms with van der Waals surface area (Å²) in [4.78, 5) is 0. The highest BCUT2D eigenvalue weighted by atomic mass is 32.1.